The first-order chi connectivity index (χ1) is 13.5. The van der Waals surface area contributed by atoms with E-state index in [0.717, 1.165) is 10.9 Å². The molecule has 7 heteroatoms. The molecule has 0 unspecified atom stereocenters. The SMILES string of the molecule is COc1c(Br)cc(/C=N/NC(=O)CCc2ccc3ccccc3c2)c(O)c1Br. The Labute approximate surface area is 179 Å². The van der Waals surface area contributed by atoms with E-state index in [1.165, 1.54) is 18.7 Å². The van der Waals surface area contributed by atoms with E-state index in [9.17, 15) is 9.90 Å². The molecule has 0 bridgehead atoms. The molecule has 0 spiro atoms. The van der Waals surface area contributed by atoms with E-state index in [1.807, 2.05) is 18.2 Å². The van der Waals surface area contributed by atoms with Crippen LogP contribution >= 0.6 is 31.9 Å². The molecule has 3 aromatic carbocycles. The molecule has 0 aliphatic heterocycles. The molecule has 3 rings (SSSR count). The number of aromatic hydroxyl groups is 1. The number of aryl methyl sites for hydroxylation is 1. The van der Waals surface area contributed by atoms with Crippen molar-refractivity contribution in [3.63, 3.8) is 0 Å². The van der Waals surface area contributed by atoms with Crippen molar-refractivity contribution in [2.24, 2.45) is 5.10 Å². The number of nitrogens with zero attached hydrogens (tertiary/aromatic N) is 1. The zero-order chi connectivity index (χ0) is 20.1. The van der Waals surface area contributed by atoms with Gasteiger partial charge in [0.05, 0.1) is 17.8 Å². The normalized spacial score (nSPS) is 11.1. The number of phenols is 1. The van der Waals surface area contributed by atoms with Crippen molar-refractivity contribution < 1.29 is 14.6 Å². The summed E-state index contributed by atoms with van der Waals surface area (Å²) in [5.41, 5.74) is 4.03. The number of ether oxygens (including phenoxy) is 1. The standard InChI is InChI=1S/C21H18Br2N2O3/c1-28-21-17(22)11-16(20(27)19(21)23)12-24-25-18(26)9-7-13-6-8-14-4-2-3-5-15(14)10-13/h2-6,8,10-12,27H,7,9H2,1H3,(H,25,26)/b24-12+. The summed E-state index contributed by atoms with van der Waals surface area (Å²) in [6, 6.07) is 16.0. The maximum Gasteiger partial charge on any atom is 0.240 e. The number of hydrazone groups is 1. The number of phenolic OH excluding ortho intramolecular Hbond substituents is 1. The summed E-state index contributed by atoms with van der Waals surface area (Å²) in [6.45, 7) is 0. The lowest BCUT2D eigenvalue weighted by molar-refractivity contribution is -0.121. The van der Waals surface area contributed by atoms with E-state index in [-0.39, 0.29) is 11.7 Å². The second-order valence-corrected chi connectivity index (χ2v) is 7.77. The zero-order valence-electron chi connectivity index (χ0n) is 15.1. The number of halogens is 2. The summed E-state index contributed by atoms with van der Waals surface area (Å²) in [6.07, 6.45) is 2.33. The highest BCUT2D eigenvalue weighted by Crippen LogP contribution is 2.41. The van der Waals surface area contributed by atoms with Crippen molar-refractivity contribution in [2.75, 3.05) is 7.11 Å². The molecule has 3 aromatic rings. The number of amides is 1. The molecule has 0 saturated carbocycles. The van der Waals surface area contributed by atoms with Gasteiger partial charge in [0.1, 0.15) is 10.2 Å². The first kappa shape index (κ1) is 20.4. The van der Waals surface area contributed by atoms with E-state index in [4.69, 9.17) is 4.74 Å². The van der Waals surface area contributed by atoms with Gasteiger partial charge in [-0.2, -0.15) is 5.10 Å². The Balaban J connectivity index is 1.59. The van der Waals surface area contributed by atoms with Gasteiger partial charge in [0.2, 0.25) is 5.91 Å². The first-order valence-electron chi connectivity index (χ1n) is 8.54. The fourth-order valence-corrected chi connectivity index (χ4v) is 4.25. The Morgan fingerprint density at radius 3 is 2.68 bits per heavy atom. The average Bonchev–Trinajstić information content (AvgIpc) is 2.70. The van der Waals surface area contributed by atoms with Crippen molar-refractivity contribution in [3.8, 4) is 11.5 Å². The highest BCUT2D eigenvalue weighted by atomic mass is 79.9. The molecule has 0 aromatic heterocycles. The van der Waals surface area contributed by atoms with Gasteiger partial charge in [0.15, 0.2) is 5.75 Å². The Kier molecular flexibility index (Phi) is 6.70. The predicted octanol–water partition coefficient (Wildman–Crippen LogP) is 5.16. The third kappa shape index (κ3) is 4.72. The monoisotopic (exact) mass is 504 g/mol. The van der Waals surface area contributed by atoms with Crippen LogP contribution in [0.1, 0.15) is 17.5 Å². The third-order valence-corrected chi connectivity index (χ3v) is 5.56. The predicted molar refractivity (Wildman–Crippen MR) is 118 cm³/mol. The highest BCUT2D eigenvalue weighted by Gasteiger charge is 2.14. The second kappa shape index (κ2) is 9.21. The van der Waals surface area contributed by atoms with Crippen LogP contribution in [-0.4, -0.2) is 24.3 Å². The third-order valence-electron chi connectivity index (χ3n) is 4.23. The average molecular weight is 506 g/mol. The van der Waals surface area contributed by atoms with E-state index >= 15 is 0 Å². The van der Waals surface area contributed by atoms with Crippen LogP contribution < -0.4 is 10.2 Å². The van der Waals surface area contributed by atoms with Crippen LogP contribution in [0.2, 0.25) is 0 Å². The van der Waals surface area contributed by atoms with Crippen LogP contribution in [0.4, 0.5) is 0 Å². The van der Waals surface area contributed by atoms with Gasteiger partial charge < -0.3 is 9.84 Å². The van der Waals surface area contributed by atoms with E-state index in [1.54, 1.807) is 6.07 Å². The molecule has 28 heavy (non-hydrogen) atoms. The van der Waals surface area contributed by atoms with Gasteiger partial charge in [-0.3, -0.25) is 4.79 Å². The number of methoxy groups -OCH3 is 1. The molecule has 0 fully saturated rings. The van der Waals surface area contributed by atoms with Crippen LogP contribution in [0.15, 0.2) is 62.6 Å². The summed E-state index contributed by atoms with van der Waals surface area (Å²) in [5.74, 6) is 0.263. The van der Waals surface area contributed by atoms with Gasteiger partial charge in [-0.15, -0.1) is 0 Å². The Bertz CT molecular complexity index is 1050. The van der Waals surface area contributed by atoms with E-state index < -0.39 is 0 Å². The molecule has 0 aliphatic rings. The molecule has 0 radical (unpaired) electrons. The number of hydrogen-bond acceptors (Lipinski definition) is 4. The largest absolute Gasteiger partial charge is 0.506 e. The van der Waals surface area contributed by atoms with Crippen molar-refractivity contribution in [3.05, 3.63) is 68.6 Å². The van der Waals surface area contributed by atoms with Crippen LogP contribution in [-0.2, 0) is 11.2 Å². The topological polar surface area (TPSA) is 70.9 Å². The van der Waals surface area contributed by atoms with Crippen LogP contribution in [0.3, 0.4) is 0 Å². The molecule has 1 amide bonds. The molecular weight excluding hydrogens is 488 g/mol. The molecule has 2 N–H and O–H groups in total. The lowest BCUT2D eigenvalue weighted by Crippen LogP contribution is -2.17. The van der Waals surface area contributed by atoms with Gasteiger partial charge >= 0.3 is 0 Å². The van der Waals surface area contributed by atoms with E-state index in [2.05, 4.69) is 66.7 Å². The number of benzene rings is 3. The van der Waals surface area contributed by atoms with Crippen LogP contribution in [0, 0.1) is 0 Å². The van der Waals surface area contributed by atoms with E-state index in [0.29, 0.717) is 33.1 Å². The summed E-state index contributed by atoms with van der Waals surface area (Å²) in [5, 5.41) is 16.5. The Morgan fingerprint density at radius 1 is 1.18 bits per heavy atom. The number of carbonyl (C=O) groups is 1. The van der Waals surface area contributed by atoms with Crippen molar-refractivity contribution in [1.29, 1.82) is 0 Å². The van der Waals surface area contributed by atoms with Crippen molar-refractivity contribution >= 4 is 54.8 Å². The summed E-state index contributed by atoms with van der Waals surface area (Å²) in [7, 11) is 1.51. The summed E-state index contributed by atoms with van der Waals surface area (Å²) in [4.78, 5) is 12.1. The summed E-state index contributed by atoms with van der Waals surface area (Å²) >= 11 is 6.64. The van der Waals surface area contributed by atoms with Gasteiger partial charge in [-0.05, 0) is 60.7 Å². The maximum absolute atomic E-state index is 12.1. The van der Waals surface area contributed by atoms with Gasteiger partial charge in [-0.25, -0.2) is 5.43 Å². The quantitative estimate of drug-likeness (QED) is 0.359. The Morgan fingerprint density at radius 2 is 1.93 bits per heavy atom. The van der Waals surface area contributed by atoms with Crippen molar-refractivity contribution in [1.82, 2.24) is 5.43 Å². The number of fused-ring (bicyclic) bond motifs is 1. The minimum Gasteiger partial charge on any atom is -0.506 e. The Hall–Kier alpha value is -2.38. The first-order valence-corrected chi connectivity index (χ1v) is 10.1. The number of hydrogen-bond donors (Lipinski definition) is 2. The lowest BCUT2D eigenvalue weighted by atomic mass is 10.0. The summed E-state index contributed by atoms with van der Waals surface area (Å²) < 4.78 is 6.25. The maximum atomic E-state index is 12.1. The minimum atomic E-state index is -0.199. The van der Waals surface area contributed by atoms with Crippen LogP contribution in [0.5, 0.6) is 11.5 Å². The molecule has 0 aliphatic carbocycles. The zero-order valence-corrected chi connectivity index (χ0v) is 18.2. The molecule has 0 heterocycles. The molecule has 144 valence electrons. The van der Waals surface area contributed by atoms with Gasteiger partial charge in [-0.1, -0.05) is 42.5 Å². The van der Waals surface area contributed by atoms with Crippen LogP contribution in [0.25, 0.3) is 10.8 Å². The fraction of sp³-hybridized carbons (Fsp3) is 0.143. The number of carbonyl (C=O) groups excluding carboxylic acids is 1. The van der Waals surface area contributed by atoms with Gasteiger partial charge in [0, 0.05) is 12.0 Å². The minimum absolute atomic E-state index is 0.0192. The highest BCUT2D eigenvalue weighted by molar-refractivity contribution is 9.11. The number of rotatable bonds is 6. The molecule has 5 nitrogen and oxygen atoms in total. The molecular formula is C21H18Br2N2O3. The lowest BCUT2D eigenvalue weighted by Gasteiger charge is -2.09. The molecule has 0 saturated heterocycles. The molecule has 0 atom stereocenters. The number of nitrogens with one attached hydrogen (secondary N) is 1. The van der Waals surface area contributed by atoms with Crippen molar-refractivity contribution in [2.45, 2.75) is 12.8 Å². The fourth-order valence-electron chi connectivity index (χ4n) is 2.78. The van der Waals surface area contributed by atoms with Gasteiger partial charge in [0.25, 0.3) is 0 Å². The smallest absolute Gasteiger partial charge is 0.240 e. The second-order valence-electron chi connectivity index (χ2n) is 6.12.